The fourth-order valence-electron chi connectivity index (χ4n) is 16.6. The lowest BCUT2D eigenvalue weighted by molar-refractivity contribution is 1.07. The third-order valence-corrected chi connectivity index (χ3v) is 22.6. The molecule has 560 valence electrons. The average Bonchev–Trinajstić information content (AvgIpc) is 0.750. The highest BCUT2D eigenvalue weighted by molar-refractivity contribution is 6.18. The number of nitrogens with zero attached hydrogens (tertiary/aromatic N) is 8. The van der Waals surface area contributed by atoms with Crippen LogP contribution in [0.25, 0.3) is 222 Å². The fraction of sp³-hybridized carbons (Fsp3) is 0. The number of benzene rings is 18. The number of fused-ring (bicyclic) bond motifs is 8. The standard InChI is InChI=1S/C58H38N4.C54H34N4/c1-5-17-39(18-6-1)47-36-48(40-19-7-2-8-20-40)38-49(37-47)58-61-56(44-23-11-4-12-24-44)60-57(62-58)46-26-15-25-45(35-46)41-31-33-42(34-32-41)50-28-16-29-52-54(50)51-27-13-14-30-53(51)59-55(52)43-21-9-3-10-22-43;1-2-14-39(15-3-1)51-48-22-11-21-46(50(48)47-20-8-9-23-49(47)55-51)38-28-24-37(25-29-38)42-18-10-19-43(32-42)52-56-53(44-30-26-35-12-4-6-16-40(35)33-44)58-54(57-52)45-31-27-36-13-5-7-17-41(36)34-45/h1-38H;1-34H. The Morgan fingerprint density at radius 1 is 0.125 bits per heavy atom. The molecule has 0 bridgehead atoms. The van der Waals surface area contributed by atoms with E-state index in [2.05, 4.69) is 382 Å². The number of aromatic nitrogens is 8. The van der Waals surface area contributed by atoms with Crippen molar-refractivity contribution in [3.05, 3.63) is 437 Å². The van der Waals surface area contributed by atoms with Gasteiger partial charge in [0.15, 0.2) is 34.9 Å². The number of pyridine rings is 2. The molecular weight excluding hydrogens is 1460 g/mol. The molecule has 8 heteroatoms. The quantitative estimate of drug-likeness (QED) is 0.0992. The van der Waals surface area contributed by atoms with Gasteiger partial charge in [0.1, 0.15) is 0 Å². The maximum absolute atomic E-state index is 5.21. The first-order chi connectivity index (χ1) is 59.4. The van der Waals surface area contributed by atoms with E-state index in [9.17, 15) is 0 Å². The van der Waals surface area contributed by atoms with Crippen LogP contribution < -0.4 is 0 Å². The lowest BCUT2D eigenvalue weighted by Crippen LogP contribution is -2.00. The second-order valence-corrected chi connectivity index (χ2v) is 30.1. The van der Waals surface area contributed by atoms with Gasteiger partial charge < -0.3 is 0 Å². The van der Waals surface area contributed by atoms with E-state index in [0.717, 1.165) is 155 Å². The van der Waals surface area contributed by atoms with Gasteiger partial charge >= 0.3 is 0 Å². The fourth-order valence-corrected chi connectivity index (χ4v) is 16.6. The average molecular weight is 1530 g/mol. The van der Waals surface area contributed by atoms with Crippen LogP contribution in [0.5, 0.6) is 0 Å². The van der Waals surface area contributed by atoms with Gasteiger partial charge in [0.25, 0.3) is 0 Å². The Kier molecular flexibility index (Phi) is 18.8. The second kappa shape index (κ2) is 31.6. The van der Waals surface area contributed by atoms with Gasteiger partial charge in [-0.3, -0.25) is 0 Å². The Hall–Kier alpha value is -16.2. The van der Waals surface area contributed by atoms with E-state index in [1.807, 2.05) is 54.6 Å². The Labute approximate surface area is 694 Å². The van der Waals surface area contributed by atoms with E-state index in [0.29, 0.717) is 34.9 Å². The second-order valence-electron chi connectivity index (χ2n) is 30.1. The smallest absolute Gasteiger partial charge is 0.164 e. The van der Waals surface area contributed by atoms with Crippen LogP contribution in [0.1, 0.15) is 0 Å². The molecule has 18 aromatic carbocycles. The van der Waals surface area contributed by atoms with Crippen molar-refractivity contribution in [2.24, 2.45) is 0 Å². The molecule has 0 aliphatic carbocycles. The van der Waals surface area contributed by atoms with Gasteiger partial charge in [-0.1, -0.05) is 382 Å². The Morgan fingerprint density at radius 3 is 0.792 bits per heavy atom. The normalized spacial score (nSPS) is 11.3. The van der Waals surface area contributed by atoms with Gasteiger partial charge in [-0.15, -0.1) is 0 Å². The van der Waals surface area contributed by atoms with E-state index in [1.165, 1.54) is 32.7 Å². The van der Waals surface area contributed by atoms with Gasteiger partial charge in [-0.2, -0.15) is 0 Å². The zero-order valence-electron chi connectivity index (χ0n) is 65.1. The van der Waals surface area contributed by atoms with E-state index >= 15 is 0 Å². The number of rotatable bonds is 14. The lowest BCUT2D eigenvalue weighted by Gasteiger charge is -2.14. The summed E-state index contributed by atoms with van der Waals surface area (Å²) < 4.78 is 0. The minimum absolute atomic E-state index is 0.615. The van der Waals surface area contributed by atoms with Crippen LogP contribution in [0.15, 0.2) is 437 Å². The molecular formula is C112H72N8. The topological polar surface area (TPSA) is 103 Å². The molecule has 0 N–H and O–H groups in total. The van der Waals surface area contributed by atoms with Gasteiger partial charge in [-0.25, -0.2) is 39.9 Å². The molecule has 0 atom stereocenters. The summed E-state index contributed by atoms with van der Waals surface area (Å²) in [4.78, 5) is 41.0. The van der Waals surface area contributed by atoms with Crippen LogP contribution in [-0.2, 0) is 0 Å². The zero-order valence-corrected chi connectivity index (χ0v) is 65.1. The van der Waals surface area contributed by atoms with Crippen molar-refractivity contribution in [2.45, 2.75) is 0 Å². The maximum atomic E-state index is 5.21. The van der Waals surface area contributed by atoms with E-state index in [1.54, 1.807) is 0 Å². The Bertz CT molecular complexity index is 7460. The van der Waals surface area contributed by atoms with Crippen LogP contribution in [0.4, 0.5) is 0 Å². The van der Waals surface area contributed by atoms with Crippen LogP contribution in [-0.4, -0.2) is 39.9 Å². The minimum Gasteiger partial charge on any atom is -0.247 e. The third kappa shape index (κ3) is 14.2. The molecule has 0 aliphatic rings. The number of hydrogen-bond acceptors (Lipinski definition) is 8. The summed E-state index contributed by atoms with van der Waals surface area (Å²) >= 11 is 0. The number of para-hydroxylation sites is 2. The highest BCUT2D eigenvalue weighted by atomic mass is 15.0. The summed E-state index contributed by atoms with van der Waals surface area (Å²) in [7, 11) is 0. The van der Waals surface area contributed by atoms with Crippen LogP contribution in [0, 0.1) is 0 Å². The summed E-state index contributed by atoms with van der Waals surface area (Å²) in [5.74, 6) is 3.77. The van der Waals surface area contributed by atoms with Crippen molar-refractivity contribution < 1.29 is 0 Å². The van der Waals surface area contributed by atoms with Crippen molar-refractivity contribution in [3.8, 4) is 158 Å². The Balaban J connectivity index is 0.000000149. The van der Waals surface area contributed by atoms with E-state index in [4.69, 9.17) is 39.9 Å². The monoisotopic (exact) mass is 1530 g/mol. The molecule has 4 aromatic heterocycles. The summed E-state index contributed by atoms with van der Waals surface area (Å²) in [6, 6.07) is 153. The molecule has 8 nitrogen and oxygen atoms in total. The largest absolute Gasteiger partial charge is 0.247 e. The summed E-state index contributed by atoms with van der Waals surface area (Å²) in [5, 5.41) is 11.6. The van der Waals surface area contributed by atoms with Gasteiger partial charge in [0.05, 0.1) is 22.4 Å². The van der Waals surface area contributed by atoms with E-state index < -0.39 is 0 Å². The maximum Gasteiger partial charge on any atom is 0.164 e. The first-order valence-electron chi connectivity index (χ1n) is 40.4. The first kappa shape index (κ1) is 71.6. The summed E-state index contributed by atoms with van der Waals surface area (Å²) in [5.41, 5.74) is 25.3. The SMILES string of the molecule is c1ccc(-c2cc(-c3ccccc3)cc(-c3nc(-c4ccccc4)nc(-c4cccc(-c5ccc(-c6cccc7c(-c8ccccc8)nc8ccccc8c67)cc5)c4)n3)c2)cc1.c1ccc(-c2nc3ccccc3c3c(-c4ccc(-c5cccc(-c6nc(-c7ccc8ccccc8c7)nc(-c7ccc8ccccc8c7)n6)c5)cc4)cccc23)cc1. The van der Waals surface area contributed by atoms with Gasteiger partial charge in [0, 0.05) is 76.8 Å². The summed E-state index contributed by atoms with van der Waals surface area (Å²) in [6.45, 7) is 0. The molecule has 0 fully saturated rings. The van der Waals surface area contributed by atoms with Crippen LogP contribution >= 0.6 is 0 Å². The lowest BCUT2D eigenvalue weighted by atomic mass is 9.92. The van der Waals surface area contributed by atoms with Crippen molar-refractivity contribution in [3.63, 3.8) is 0 Å². The zero-order chi connectivity index (χ0) is 79.7. The molecule has 4 heterocycles. The van der Waals surface area contributed by atoms with Crippen molar-refractivity contribution >= 4 is 64.9 Å². The molecule has 120 heavy (non-hydrogen) atoms. The van der Waals surface area contributed by atoms with Crippen LogP contribution in [0.3, 0.4) is 0 Å². The van der Waals surface area contributed by atoms with Crippen molar-refractivity contribution in [1.82, 2.24) is 39.9 Å². The van der Waals surface area contributed by atoms with Crippen LogP contribution in [0.2, 0.25) is 0 Å². The molecule has 0 radical (unpaired) electrons. The molecule has 0 saturated carbocycles. The predicted octanol–water partition coefficient (Wildman–Crippen LogP) is 28.8. The van der Waals surface area contributed by atoms with Crippen molar-refractivity contribution in [1.29, 1.82) is 0 Å². The van der Waals surface area contributed by atoms with Crippen molar-refractivity contribution in [2.75, 3.05) is 0 Å². The first-order valence-corrected chi connectivity index (χ1v) is 40.4. The van der Waals surface area contributed by atoms with E-state index in [-0.39, 0.29) is 0 Å². The molecule has 22 aromatic rings. The molecule has 0 saturated heterocycles. The highest BCUT2D eigenvalue weighted by Gasteiger charge is 2.21. The third-order valence-electron chi connectivity index (χ3n) is 22.6. The number of hydrogen-bond donors (Lipinski definition) is 0. The highest BCUT2D eigenvalue weighted by Crippen LogP contribution is 2.43. The minimum atomic E-state index is 0.615. The molecule has 0 spiro atoms. The predicted molar refractivity (Wildman–Crippen MR) is 496 cm³/mol. The Morgan fingerprint density at radius 2 is 0.383 bits per heavy atom. The summed E-state index contributed by atoms with van der Waals surface area (Å²) in [6.07, 6.45) is 0. The molecule has 0 amide bonds. The molecule has 0 unspecified atom stereocenters. The van der Waals surface area contributed by atoms with Gasteiger partial charge in [0.2, 0.25) is 0 Å². The molecule has 0 aliphatic heterocycles. The molecule has 22 rings (SSSR count). The van der Waals surface area contributed by atoms with Gasteiger partial charge in [-0.05, 0) is 143 Å².